The van der Waals surface area contributed by atoms with Gasteiger partial charge in [-0.2, -0.15) is 13.2 Å². The maximum Gasteiger partial charge on any atom is 0.412 e. The van der Waals surface area contributed by atoms with Gasteiger partial charge in [0, 0.05) is 47.5 Å². The fraction of sp³-hybridized carbons (Fsp3) is 0.600. The summed E-state index contributed by atoms with van der Waals surface area (Å²) in [6.07, 6.45) is -2.75. The second-order valence-electron chi connectivity index (χ2n) is 5.62. The minimum atomic E-state index is -4.16. The van der Waals surface area contributed by atoms with Crippen LogP contribution in [0.15, 0.2) is 23.8 Å². The largest absolute Gasteiger partial charge is 0.412 e. The Morgan fingerprint density at radius 2 is 2.00 bits per heavy atom. The van der Waals surface area contributed by atoms with E-state index in [-0.39, 0.29) is 12.0 Å². The minimum Gasteiger partial charge on any atom is -0.310 e. The molecular weight excluding hydrogens is 297 g/mol. The lowest BCUT2D eigenvalue weighted by atomic mass is 10.1. The molecule has 0 unspecified atom stereocenters. The highest BCUT2D eigenvalue weighted by Gasteiger charge is 2.34. The van der Waals surface area contributed by atoms with Crippen LogP contribution in [0.1, 0.15) is 30.0 Å². The van der Waals surface area contributed by atoms with E-state index in [2.05, 4.69) is 36.2 Å². The second-order valence-corrected chi connectivity index (χ2v) is 6.87. The van der Waals surface area contributed by atoms with Crippen molar-refractivity contribution in [1.82, 2.24) is 10.2 Å². The van der Waals surface area contributed by atoms with Gasteiger partial charge in [-0.15, -0.1) is 11.3 Å². The van der Waals surface area contributed by atoms with Gasteiger partial charge in [-0.3, -0.25) is 4.90 Å². The van der Waals surface area contributed by atoms with Gasteiger partial charge in [-0.05, 0) is 18.6 Å². The molecule has 2 rings (SSSR count). The first-order valence-corrected chi connectivity index (χ1v) is 7.96. The standard InChI is InChI=1S/C15H21F3N2S/c1-11(2)19-9-13-3-4-14(21-13)10-20-7-5-12(6-8-20)15(16,17)18/h3-5,11,19H,6-10H2,1-2H3. The Labute approximate surface area is 127 Å². The van der Waals surface area contributed by atoms with Crippen LogP contribution in [-0.4, -0.2) is 30.2 Å². The Morgan fingerprint density at radius 3 is 2.57 bits per heavy atom. The summed E-state index contributed by atoms with van der Waals surface area (Å²) in [5.74, 6) is 0. The molecular formula is C15H21F3N2S. The van der Waals surface area contributed by atoms with E-state index < -0.39 is 6.18 Å². The van der Waals surface area contributed by atoms with Gasteiger partial charge in [0.2, 0.25) is 0 Å². The van der Waals surface area contributed by atoms with Gasteiger partial charge in [0.1, 0.15) is 0 Å². The number of hydrogen-bond donors (Lipinski definition) is 1. The number of hydrogen-bond acceptors (Lipinski definition) is 3. The van der Waals surface area contributed by atoms with Crippen molar-refractivity contribution in [2.24, 2.45) is 0 Å². The maximum absolute atomic E-state index is 12.6. The molecule has 1 aromatic heterocycles. The molecule has 0 saturated heterocycles. The zero-order valence-corrected chi connectivity index (χ0v) is 13.2. The van der Waals surface area contributed by atoms with E-state index in [0.717, 1.165) is 13.1 Å². The second kappa shape index (κ2) is 6.94. The van der Waals surface area contributed by atoms with Crippen LogP contribution in [-0.2, 0) is 13.1 Å². The summed E-state index contributed by atoms with van der Waals surface area (Å²) in [5.41, 5.74) is -0.383. The van der Waals surface area contributed by atoms with Crippen molar-refractivity contribution in [1.29, 1.82) is 0 Å². The Balaban J connectivity index is 1.85. The van der Waals surface area contributed by atoms with Gasteiger partial charge in [0.15, 0.2) is 0 Å². The average Bonchev–Trinajstić information content (AvgIpc) is 2.83. The number of nitrogens with one attached hydrogen (secondary N) is 1. The molecule has 0 saturated carbocycles. The lowest BCUT2D eigenvalue weighted by molar-refractivity contribution is -0.0960. The molecule has 0 spiro atoms. The molecule has 0 bridgehead atoms. The van der Waals surface area contributed by atoms with Crippen LogP contribution < -0.4 is 5.32 Å². The Bertz CT molecular complexity index is 491. The first-order valence-electron chi connectivity index (χ1n) is 7.14. The monoisotopic (exact) mass is 318 g/mol. The van der Waals surface area contributed by atoms with Crippen molar-refractivity contribution in [3.05, 3.63) is 33.5 Å². The molecule has 1 aliphatic heterocycles. The van der Waals surface area contributed by atoms with Crippen LogP contribution in [0.25, 0.3) is 0 Å². The number of halogens is 3. The number of nitrogens with zero attached hydrogens (tertiary/aromatic N) is 1. The summed E-state index contributed by atoms with van der Waals surface area (Å²) in [5, 5.41) is 3.36. The lowest BCUT2D eigenvalue weighted by Crippen LogP contribution is -2.31. The molecule has 0 aliphatic carbocycles. The molecule has 21 heavy (non-hydrogen) atoms. The van der Waals surface area contributed by atoms with E-state index in [4.69, 9.17) is 0 Å². The van der Waals surface area contributed by atoms with Gasteiger partial charge < -0.3 is 5.32 Å². The molecule has 0 fully saturated rings. The van der Waals surface area contributed by atoms with Gasteiger partial charge in [-0.25, -0.2) is 0 Å². The molecule has 0 atom stereocenters. The molecule has 1 N–H and O–H groups in total. The topological polar surface area (TPSA) is 15.3 Å². The van der Waals surface area contributed by atoms with E-state index >= 15 is 0 Å². The SMILES string of the molecule is CC(C)NCc1ccc(CN2CC=C(C(F)(F)F)CC2)s1. The molecule has 0 radical (unpaired) electrons. The normalized spacial score (nSPS) is 17.3. The molecule has 2 heterocycles. The predicted molar refractivity (Wildman–Crippen MR) is 80.3 cm³/mol. The van der Waals surface area contributed by atoms with Gasteiger partial charge in [0.25, 0.3) is 0 Å². The van der Waals surface area contributed by atoms with Crippen LogP contribution in [0, 0.1) is 0 Å². The summed E-state index contributed by atoms with van der Waals surface area (Å²) in [6.45, 7) is 6.64. The third-order valence-electron chi connectivity index (χ3n) is 3.44. The van der Waals surface area contributed by atoms with E-state index in [9.17, 15) is 13.2 Å². The smallest absolute Gasteiger partial charge is 0.310 e. The lowest BCUT2D eigenvalue weighted by Gasteiger charge is -2.26. The van der Waals surface area contributed by atoms with Crippen molar-refractivity contribution in [2.75, 3.05) is 13.1 Å². The van der Waals surface area contributed by atoms with Gasteiger partial charge in [-0.1, -0.05) is 19.9 Å². The van der Waals surface area contributed by atoms with E-state index in [1.165, 1.54) is 15.8 Å². The molecule has 0 aromatic carbocycles. The van der Waals surface area contributed by atoms with Crippen molar-refractivity contribution >= 4 is 11.3 Å². The third-order valence-corrected chi connectivity index (χ3v) is 4.51. The first kappa shape index (κ1) is 16.5. The highest BCUT2D eigenvalue weighted by Crippen LogP contribution is 2.30. The molecule has 6 heteroatoms. The quantitative estimate of drug-likeness (QED) is 0.827. The van der Waals surface area contributed by atoms with Crippen molar-refractivity contribution in [2.45, 2.75) is 45.6 Å². The minimum absolute atomic E-state index is 0.0939. The highest BCUT2D eigenvalue weighted by atomic mass is 32.1. The van der Waals surface area contributed by atoms with Crippen LogP contribution in [0.4, 0.5) is 13.2 Å². The van der Waals surface area contributed by atoms with Crippen molar-refractivity contribution in [3.63, 3.8) is 0 Å². The molecule has 1 aliphatic rings. The zero-order valence-electron chi connectivity index (χ0n) is 12.3. The summed E-state index contributed by atoms with van der Waals surface area (Å²) in [7, 11) is 0. The highest BCUT2D eigenvalue weighted by molar-refractivity contribution is 7.11. The fourth-order valence-corrected chi connectivity index (χ4v) is 3.25. The van der Waals surface area contributed by atoms with Crippen LogP contribution in [0.2, 0.25) is 0 Å². The average molecular weight is 318 g/mol. The van der Waals surface area contributed by atoms with Gasteiger partial charge >= 0.3 is 6.18 Å². The first-order chi connectivity index (χ1) is 9.84. The summed E-state index contributed by atoms with van der Waals surface area (Å²) >= 11 is 1.73. The summed E-state index contributed by atoms with van der Waals surface area (Å²) in [6, 6.07) is 4.62. The van der Waals surface area contributed by atoms with Crippen LogP contribution in [0.3, 0.4) is 0 Å². The Kier molecular flexibility index (Phi) is 5.46. The third kappa shape index (κ3) is 5.13. The fourth-order valence-electron chi connectivity index (χ4n) is 2.24. The van der Waals surface area contributed by atoms with E-state index in [1.807, 2.05) is 0 Å². The van der Waals surface area contributed by atoms with E-state index in [0.29, 0.717) is 19.1 Å². The van der Waals surface area contributed by atoms with Crippen LogP contribution in [0.5, 0.6) is 0 Å². The van der Waals surface area contributed by atoms with Gasteiger partial charge in [0.05, 0.1) is 0 Å². The summed E-state index contributed by atoms with van der Waals surface area (Å²) in [4.78, 5) is 4.53. The molecule has 2 nitrogen and oxygen atoms in total. The predicted octanol–water partition coefficient (Wildman–Crippen LogP) is 3.94. The Morgan fingerprint density at radius 1 is 1.29 bits per heavy atom. The zero-order chi connectivity index (χ0) is 15.5. The number of thiophene rings is 1. The van der Waals surface area contributed by atoms with Crippen molar-refractivity contribution in [3.8, 4) is 0 Å². The maximum atomic E-state index is 12.6. The van der Waals surface area contributed by atoms with Crippen LogP contribution >= 0.6 is 11.3 Å². The molecule has 118 valence electrons. The summed E-state index contributed by atoms with van der Waals surface area (Å²) < 4.78 is 37.7. The Hall–Kier alpha value is -0.850. The number of alkyl halides is 3. The molecule has 1 aromatic rings. The van der Waals surface area contributed by atoms with E-state index in [1.54, 1.807) is 11.3 Å². The number of rotatable bonds is 5. The van der Waals surface area contributed by atoms with Crippen molar-refractivity contribution < 1.29 is 13.2 Å². The molecule has 0 amide bonds.